The van der Waals surface area contributed by atoms with Gasteiger partial charge in [-0.15, -0.1) is 0 Å². The number of fused-ring (bicyclic) bond motifs is 5. The average molecular weight is 421 g/mol. The van der Waals surface area contributed by atoms with E-state index in [-0.39, 0.29) is 5.91 Å². The van der Waals surface area contributed by atoms with E-state index in [4.69, 9.17) is 4.74 Å². The normalized spacial score (nSPS) is 17.9. The van der Waals surface area contributed by atoms with E-state index < -0.39 is 0 Å². The van der Waals surface area contributed by atoms with E-state index in [1.165, 1.54) is 12.1 Å². The molecule has 6 nitrogen and oxygen atoms in total. The maximum absolute atomic E-state index is 13.2. The first-order valence-corrected chi connectivity index (χ1v) is 11.1. The highest BCUT2D eigenvalue weighted by Gasteiger charge is 2.25. The number of hydrogen-bond donors (Lipinski definition) is 3. The van der Waals surface area contributed by atoms with Crippen LogP contribution in [0.25, 0.3) is 22.2 Å². The highest BCUT2D eigenvalue weighted by molar-refractivity contribution is 7.96. The van der Waals surface area contributed by atoms with Crippen molar-refractivity contribution in [1.29, 1.82) is 0 Å². The predicted molar refractivity (Wildman–Crippen MR) is 121 cm³/mol. The van der Waals surface area contributed by atoms with Crippen LogP contribution in [0.5, 0.6) is 5.75 Å². The van der Waals surface area contributed by atoms with Crippen LogP contribution >= 0.6 is 12.1 Å². The van der Waals surface area contributed by atoms with Gasteiger partial charge in [0.25, 0.3) is 5.91 Å². The standard InChI is InChI=1S/C23H24N4O2S/c28-23-18-15-27-19-8-3-1-6-16(19)14-20(27)17-7-2-4-9-21(17)29-22(18)10-13-24-11-5-12-25-30-26-23/h1-4,6-9,14,24-25H,5,10-13,15H2,(H,26,28). The van der Waals surface area contributed by atoms with Gasteiger partial charge in [0.1, 0.15) is 11.5 Å². The van der Waals surface area contributed by atoms with Crippen LogP contribution in [0.4, 0.5) is 0 Å². The molecule has 0 aliphatic carbocycles. The van der Waals surface area contributed by atoms with E-state index in [0.29, 0.717) is 18.5 Å². The molecule has 0 atom stereocenters. The molecular formula is C23H24N4O2S. The minimum atomic E-state index is -0.119. The summed E-state index contributed by atoms with van der Waals surface area (Å²) in [5.41, 5.74) is 3.86. The lowest BCUT2D eigenvalue weighted by Crippen LogP contribution is -2.30. The van der Waals surface area contributed by atoms with Gasteiger partial charge in [0.05, 0.1) is 17.8 Å². The van der Waals surface area contributed by atoms with E-state index in [1.807, 2.05) is 30.3 Å². The Morgan fingerprint density at radius 2 is 1.87 bits per heavy atom. The Hall–Kier alpha value is -2.74. The van der Waals surface area contributed by atoms with Crippen LogP contribution in [0.2, 0.25) is 0 Å². The molecule has 154 valence electrons. The fourth-order valence-electron chi connectivity index (χ4n) is 4.02. The Kier molecular flexibility index (Phi) is 5.48. The Balaban J connectivity index is 1.67. The lowest BCUT2D eigenvalue weighted by atomic mass is 10.1. The van der Waals surface area contributed by atoms with Crippen molar-refractivity contribution in [3.8, 4) is 17.0 Å². The first-order valence-electron chi connectivity index (χ1n) is 10.3. The van der Waals surface area contributed by atoms with Crippen molar-refractivity contribution in [1.82, 2.24) is 19.3 Å². The molecule has 2 aliphatic rings. The molecule has 2 aromatic carbocycles. The quantitative estimate of drug-likeness (QED) is 0.485. The molecule has 30 heavy (non-hydrogen) atoms. The largest absolute Gasteiger partial charge is 0.460 e. The molecule has 0 saturated heterocycles. The van der Waals surface area contributed by atoms with Gasteiger partial charge in [-0.25, -0.2) is 4.72 Å². The van der Waals surface area contributed by atoms with Gasteiger partial charge in [-0.1, -0.05) is 30.3 Å². The summed E-state index contributed by atoms with van der Waals surface area (Å²) in [5, 5.41) is 4.60. The van der Waals surface area contributed by atoms with E-state index in [9.17, 15) is 4.79 Å². The van der Waals surface area contributed by atoms with Crippen molar-refractivity contribution in [2.45, 2.75) is 19.4 Å². The van der Waals surface area contributed by atoms with Gasteiger partial charge >= 0.3 is 0 Å². The van der Waals surface area contributed by atoms with Crippen LogP contribution in [0.3, 0.4) is 0 Å². The van der Waals surface area contributed by atoms with Crippen LogP contribution in [0.1, 0.15) is 12.8 Å². The molecule has 7 heteroatoms. The number of ether oxygens (including phenoxy) is 1. The average Bonchev–Trinajstić information content (AvgIpc) is 3.11. The van der Waals surface area contributed by atoms with Crippen LogP contribution in [0.15, 0.2) is 65.9 Å². The maximum atomic E-state index is 13.2. The van der Waals surface area contributed by atoms with Crippen LogP contribution in [-0.2, 0) is 11.3 Å². The number of nitrogens with one attached hydrogen (secondary N) is 3. The molecular weight excluding hydrogens is 396 g/mol. The number of rotatable bonds is 0. The monoisotopic (exact) mass is 420 g/mol. The molecule has 3 heterocycles. The molecule has 3 N–H and O–H groups in total. The number of aromatic nitrogens is 1. The van der Waals surface area contributed by atoms with Gasteiger partial charge in [0.15, 0.2) is 0 Å². The molecule has 5 rings (SSSR count). The molecule has 0 spiro atoms. The fourth-order valence-corrected chi connectivity index (χ4v) is 4.55. The zero-order valence-electron chi connectivity index (χ0n) is 16.6. The van der Waals surface area contributed by atoms with Gasteiger partial charge in [-0.05, 0) is 37.2 Å². The van der Waals surface area contributed by atoms with Gasteiger partial charge < -0.3 is 14.6 Å². The summed E-state index contributed by atoms with van der Waals surface area (Å²) in [6, 6.07) is 18.5. The first kappa shape index (κ1) is 19.2. The topological polar surface area (TPSA) is 67.3 Å². The summed E-state index contributed by atoms with van der Waals surface area (Å²) in [6.45, 7) is 2.98. The van der Waals surface area contributed by atoms with Crippen molar-refractivity contribution in [2.75, 3.05) is 19.6 Å². The van der Waals surface area contributed by atoms with Crippen LogP contribution in [-0.4, -0.2) is 30.1 Å². The van der Waals surface area contributed by atoms with Crippen molar-refractivity contribution < 1.29 is 9.53 Å². The third-order valence-electron chi connectivity index (χ3n) is 5.51. The predicted octanol–water partition coefficient (Wildman–Crippen LogP) is 3.61. The van der Waals surface area contributed by atoms with Crippen molar-refractivity contribution in [2.24, 2.45) is 0 Å². The zero-order valence-corrected chi connectivity index (χ0v) is 17.4. The van der Waals surface area contributed by atoms with Crippen molar-refractivity contribution in [3.05, 3.63) is 65.9 Å². The molecule has 1 amide bonds. The third-order valence-corrected chi connectivity index (χ3v) is 6.15. The molecule has 0 bridgehead atoms. The molecule has 2 aliphatic heterocycles. The van der Waals surface area contributed by atoms with E-state index >= 15 is 0 Å². The van der Waals surface area contributed by atoms with E-state index in [0.717, 1.165) is 59.7 Å². The van der Waals surface area contributed by atoms with Crippen molar-refractivity contribution in [3.63, 3.8) is 0 Å². The third kappa shape index (κ3) is 3.71. The number of carbonyl (C=O) groups is 1. The zero-order chi connectivity index (χ0) is 20.3. The molecule has 0 saturated carbocycles. The molecule has 3 aromatic rings. The second kappa shape index (κ2) is 8.55. The summed E-state index contributed by atoms with van der Waals surface area (Å²) < 4.78 is 14.8. The van der Waals surface area contributed by atoms with E-state index in [1.54, 1.807) is 0 Å². The number of para-hydroxylation sites is 2. The summed E-state index contributed by atoms with van der Waals surface area (Å²) in [5.74, 6) is 1.38. The summed E-state index contributed by atoms with van der Waals surface area (Å²) in [7, 11) is 0. The first-order chi connectivity index (χ1) is 14.8. The van der Waals surface area contributed by atoms with E-state index in [2.05, 4.69) is 43.6 Å². The highest BCUT2D eigenvalue weighted by atomic mass is 32.2. The SMILES string of the molecule is O=C1NSNCCCNCCC2=C1Cn1c(cc3ccccc31)-c1ccccc1O2. The summed E-state index contributed by atoms with van der Waals surface area (Å²) >= 11 is 1.24. The highest BCUT2D eigenvalue weighted by Crippen LogP contribution is 2.38. The van der Waals surface area contributed by atoms with Gasteiger partial charge in [0, 0.05) is 48.1 Å². The molecule has 1 aromatic heterocycles. The molecule has 0 radical (unpaired) electrons. The second-order valence-electron chi connectivity index (χ2n) is 7.46. The molecule has 0 fully saturated rings. The number of amides is 1. The Labute approximate surface area is 179 Å². The second-order valence-corrected chi connectivity index (χ2v) is 8.15. The van der Waals surface area contributed by atoms with Crippen LogP contribution in [0, 0.1) is 0 Å². The lowest BCUT2D eigenvalue weighted by Gasteiger charge is -2.24. The minimum Gasteiger partial charge on any atom is -0.460 e. The molecule has 0 unspecified atom stereocenters. The van der Waals surface area contributed by atoms with Gasteiger partial charge in [0.2, 0.25) is 0 Å². The maximum Gasteiger partial charge on any atom is 0.263 e. The minimum absolute atomic E-state index is 0.119. The van der Waals surface area contributed by atoms with Crippen LogP contribution < -0.4 is 19.5 Å². The number of benzene rings is 2. The van der Waals surface area contributed by atoms with Gasteiger partial charge in [-0.2, -0.15) is 0 Å². The number of hydrogen-bond acceptors (Lipinski definition) is 5. The number of carbonyl (C=O) groups excluding carboxylic acids is 1. The number of nitrogens with zero attached hydrogens (tertiary/aromatic N) is 1. The van der Waals surface area contributed by atoms with Crippen molar-refractivity contribution >= 4 is 28.9 Å². The Morgan fingerprint density at radius 1 is 1.00 bits per heavy atom. The van der Waals surface area contributed by atoms with Gasteiger partial charge in [-0.3, -0.25) is 9.52 Å². The fraction of sp³-hybridized carbons (Fsp3) is 0.261. The smallest absolute Gasteiger partial charge is 0.263 e. The Morgan fingerprint density at radius 3 is 2.83 bits per heavy atom. The Bertz CT molecular complexity index is 1120. The lowest BCUT2D eigenvalue weighted by molar-refractivity contribution is -0.116. The summed E-state index contributed by atoms with van der Waals surface area (Å²) in [4.78, 5) is 13.2. The summed E-state index contributed by atoms with van der Waals surface area (Å²) in [6.07, 6.45) is 1.65.